The fourth-order valence-corrected chi connectivity index (χ4v) is 2.62. The van der Waals surface area contributed by atoms with Gasteiger partial charge in [0.2, 0.25) is 0 Å². The van der Waals surface area contributed by atoms with Crippen LogP contribution < -0.4 is 19.5 Å². The summed E-state index contributed by atoms with van der Waals surface area (Å²) in [6.07, 6.45) is 0. The van der Waals surface area contributed by atoms with Crippen molar-refractivity contribution in [1.82, 2.24) is 0 Å². The van der Waals surface area contributed by atoms with E-state index in [9.17, 15) is 0 Å². The Morgan fingerprint density at radius 1 is 0.722 bits per heavy atom. The summed E-state index contributed by atoms with van der Waals surface area (Å²) in [6, 6.07) is 0. The van der Waals surface area contributed by atoms with Crippen molar-refractivity contribution in [3.05, 3.63) is 11.1 Å². The molecule has 18 heavy (non-hydrogen) atoms. The number of rotatable bonds is 6. The molecule has 0 heterocycles. The maximum Gasteiger partial charge on any atom is 0.136 e. The summed E-state index contributed by atoms with van der Waals surface area (Å²) in [4.78, 5) is 0. The Labute approximate surface area is 112 Å². The van der Waals surface area contributed by atoms with Crippen molar-refractivity contribution >= 4 is 14.5 Å². The molecular weight excluding hydrogens is 247 g/mol. The van der Waals surface area contributed by atoms with Gasteiger partial charge >= 0.3 is 0 Å². The van der Waals surface area contributed by atoms with Gasteiger partial charge in [0.05, 0.1) is 25.1 Å². The van der Waals surface area contributed by atoms with E-state index in [4.69, 9.17) is 14.2 Å². The predicted molar refractivity (Wildman–Crippen MR) is 78.8 cm³/mol. The third-order valence-electron chi connectivity index (χ3n) is 2.72. The van der Waals surface area contributed by atoms with E-state index in [0.717, 1.165) is 33.7 Å². The van der Waals surface area contributed by atoms with Gasteiger partial charge in [0.1, 0.15) is 17.2 Å². The average Bonchev–Trinajstić information content (AvgIpc) is 2.35. The van der Waals surface area contributed by atoms with Gasteiger partial charge in [0.25, 0.3) is 0 Å². The Balaban J connectivity index is 3.42. The second-order valence-corrected chi connectivity index (χ2v) is 4.53. The van der Waals surface area contributed by atoms with Crippen molar-refractivity contribution in [2.45, 2.75) is 34.6 Å². The second kappa shape index (κ2) is 6.84. The van der Waals surface area contributed by atoms with E-state index in [0.29, 0.717) is 19.8 Å². The number of benzene rings is 1. The Kier molecular flexibility index (Phi) is 5.74. The van der Waals surface area contributed by atoms with Crippen molar-refractivity contribution in [2.75, 3.05) is 19.8 Å². The van der Waals surface area contributed by atoms with Gasteiger partial charge in [-0.05, 0) is 34.6 Å². The van der Waals surface area contributed by atoms with Gasteiger partial charge in [-0.15, -0.1) is 0 Å². The van der Waals surface area contributed by atoms with Crippen molar-refractivity contribution in [1.29, 1.82) is 0 Å². The fourth-order valence-electron chi connectivity index (χ4n) is 2.02. The summed E-state index contributed by atoms with van der Waals surface area (Å²) >= 11 is 0. The summed E-state index contributed by atoms with van der Waals surface area (Å²) in [5.41, 5.74) is 2.06. The molecule has 0 N–H and O–H groups in total. The molecule has 0 bridgehead atoms. The summed E-state index contributed by atoms with van der Waals surface area (Å²) in [5, 5.41) is 0.970. The Morgan fingerprint density at radius 3 is 1.39 bits per heavy atom. The Bertz CT molecular complexity index is 333. The molecule has 1 atom stereocenters. The first-order valence-electron chi connectivity index (χ1n) is 6.39. The van der Waals surface area contributed by atoms with Crippen LogP contribution in [0.4, 0.5) is 0 Å². The van der Waals surface area contributed by atoms with Crippen molar-refractivity contribution in [3.8, 4) is 17.2 Å². The highest BCUT2D eigenvalue weighted by atomic mass is 31.0. The standard InChI is InChI=1S/C14H23O3P/c1-6-15-11-9(4)12(16-7-2)14(18)13(10(11)5)17-8-3/h6-8,18H2,1-5H3. The first kappa shape index (κ1) is 15.1. The molecule has 0 spiro atoms. The summed E-state index contributed by atoms with van der Waals surface area (Å²) in [5.74, 6) is 2.57. The first-order chi connectivity index (χ1) is 8.58. The molecule has 0 saturated carbocycles. The maximum atomic E-state index is 5.73. The van der Waals surface area contributed by atoms with Crippen LogP contribution in [0, 0.1) is 13.8 Å². The smallest absolute Gasteiger partial charge is 0.136 e. The van der Waals surface area contributed by atoms with E-state index < -0.39 is 0 Å². The minimum Gasteiger partial charge on any atom is -0.493 e. The van der Waals surface area contributed by atoms with Crippen LogP contribution in [0.25, 0.3) is 0 Å². The van der Waals surface area contributed by atoms with E-state index in [1.165, 1.54) is 0 Å². The van der Waals surface area contributed by atoms with Gasteiger partial charge in [-0.25, -0.2) is 0 Å². The average molecular weight is 270 g/mol. The molecule has 0 aliphatic rings. The highest BCUT2D eigenvalue weighted by Gasteiger charge is 2.20. The lowest BCUT2D eigenvalue weighted by molar-refractivity contribution is 0.304. The van der Waals surface area contributed by atoms with E-state index in [1.54, 1.807) is 0 Å². The number of hydrogen-bond acceptors (Lipinski definition) is 3. The Hall–Kier alpha value is -0.950. The monoisotopic (exact) mass is 270 g/mol. The minimum atomic E-state index is 0.627. The fraction of sp³-hybridized carbons (Fsp3) is 0.571. The zero-order valence-corrected chi connectivity index (χ0v) is 13.1. The molecular formula is C14H23O3P. The molecule has 1 aromatic carbocycles. The molecule has 0 aliphatic heterocycles. The zero-order chi connectivity index (χ0) is 13.7. The van der Waals surface area contributed by atoms with Crippen molar-refractivity contribution in [3.63, 3.8) is 0 Å². The molecule has 1 rings (SSSR count). The van der Waals surface area contributed by atoms with Crippen LogP contribution in [0.15, 0.2) is 0 Å². The molecule has 0 aliphatic carbocycles. The van der Waals surface area contributed by atoms with Crippen molar-refractivity contribution in [2.24, 2.45) is 0 Å². The highest BCUT2D eigenvalue weighted by Crippen LogP contribution is 2.38. The SMILES string of the molecule is CCOc1c(C)c(OCC)c(P)c(OCC)c1C. The van der Waals surface area contributed by atoms with E-state index in [-0.39, 0.29) is 0 Å². The topological polar surface area (TPSA) is 27.7 Å². The van der Waals surface area contributed by atoms with Crippen LogP contribution >= 0.6 is 9.24 Å². The van der Waals surface area contributed by atoms with Gasteiger partial charge in [0.15, 0.2) is 0 Å². The molecule has 0 amide bonds. The third-order valence-corrected chi connectivity index (χ3v) is 3.24. The first-order valence-corrected chi connectivity index (χ1v) is 6.97. The lowest BCUT2D eigenvalue weighted by Gasteiger charge is -2.21. The van der Waals surface area contributed by atoms with Crippen LogP contribution in [0.3, 0.4) is 0 Å². The van der Waals surface area contributed by atoms with E-state index in [1.807, 2.05) is 34.6 Å². The predicted octanol–water partition coefficient (Wildman–Crippen LogP) is 3.00. The quantitative estimate of drug-likeness (QED) is 0.744. The maximum absolute atomic E-state index is 5.73. The molecule has 3 nitrogen and oxygen atoms in total. The summed E-state index contributed by atoms with van der Waals surface area (Å²) in [7, 11) is 2.71. The summed E-state index contributed by atoms with van der Waals surface area (Å²) in [6.45, 7) is 11.9. The number of hydrogen-bond donors (Lipinski definition) is 0. The molecule has 0 fully saturated rings. The van der Waals surface area contributed by atoms with Crippen LogP contribution in [-0.2, 0) is 0 Å². The Morgan fingerprint density at radius 2 is 1.06 bits per heavy atom. The van der Waals surface area contributed by atoms with Gasteiger partial charge in [-0.2, -0.15) is 0 Å². The molecule has 1 unspecified atom stereocenters. The van der Waals surface area contributed by atoms with Crippen LogP contribution in [0.1, 0.15) is 31.9 Å². The van der Waals surface area contributed by atoms with Crippen LogP contribution in [0.2, 0.25) is 0 Å². The zero-order valence-electron chi connectivity index (χ0n) is 11.9. The minimum absolute atomic E-state index is 0.627. The molecule has 0 radical (unpaired) electrons. The largest absolute Gasteiger partial charge is 0.493 e. The van der Waals surface area contributed by atoms with Crippen LogP contribution in [-0.4, -0.2) is 19.8 Å². The van der Waals surface area contributed by atoms with Gasteiger partial charge < -0.3 is 14.2 Å². The van der Waals surface area contributed by atoms with Crippen LogP contribution in [0.5, 0.6) is 17.2 Å². The van der Waals surface area contributed by atoms with Gasteiger partial charge in [-0.3, -0.25) is 0 Å². The molecule has 102 valence electrons. The van der Waals surface area contributed by atoms with Crippen molar-refractivity contribution < 1.29 is 14.2 Å². The highest BCUT2D eigenvalue weighted by molar-refractivity contribution is 7.28. The third kappa shape index (κ3) is 2.89. The second-order valence-electron chi connectivity index (χ2n) is 3.95. The molecule has 1 aromatic rings. The molecule has 4 heteroatoms. The summed E-state index contributed by atoms with van der Waals surface area (Å²) < 4.78 is 17.2. The molecule has 0 saturated heterocycles. The lowest BCUT2D eigenvalue weighted by Crippen LogP contribution is -2.13. The van der Waals surface area contributed by atoms with Gasteiger partial charge in [-0.1, -0.05) is 9.24 Å². The molecule has 0 aromatic heterocycles. The lowest BCUT2D eigenvalue weighted by atomic mass is 10.1. The van der Waals surface area contributed by atoms with E-state index >= 15 is 0 Å². The number of ether oxygens (including phenoxy) is 3. The van der Waals surface area contributed by atoms with E-state index in [2.05, 4.69) is 9.24 Å². The van der Waals surface area contributed by atoms with Gasteiger partial charge in [0, 0.05) is 11.1 Å². The normalized spacial score (nSPS) is 10.3.